The van der Waals surface area contributed by atoms with E-state index in [0.717, 1.165) is 0 Å². The van der Waals surface area contributed by atoms with E-state index in [9.17, 15) is 27.6 Å². The third-order valence-electron chi connectivity index (χ3n) is 3.02. The van der Waals surface area contributed by atoms with E-state index in [0.29, 0.717) is 11.6 Å². The molecule has 0 aromatic heterocycles. The number of nitrogens with zero attached hydrogens (tertiary/aromatic N) is 1. The first kappa shape index (κ1) is 18.1. The largest absolute Gasteiger partial charge is 0.405 e. The Balaban J connectivity index is 1.93. The van der Waals surface area contributed by atoms with Crippen molar-refractivity contribution in [1.82, 2.24) is 10.2 Å². The summed E-state index contributed by atoms with van der Waals surface area (Å²) < 4.78 is 36.3. The molecule has 0 spiro atoms. The van der Waals surface area contributed by atoms with E-state index in [1.54, 1.807) is 5.32 Å². The maximum atomic E-state index is 12.1. The van der Waals surface area contributed by atoms with Gasteiger partial charge in [0.1, 0.15) is 13.1 Å². The summed E-state index contributed by atoms with van der Waals surface area (Å²) in [6, 6.07) is 5.54. The Kier molecular flexibility index (Phi) is 5.71. The van der Waals surface area contributed by atoms with Crippen molar-refractivity contribution < 1.29 is 27.6 Å². The topological polar surface area (TPSA) is 78.5 Å². The summed E-state index contributed by atoms with van der Waals surface area (Å²) in [5.74, 6) is -0.697. The molecule has 10 heteroatoms. The molecule has 0 unspecified atom stereocenters. The molecule has 24 heavy (non-hydrogen) atoms. The summed E-state index contributed by atoms with van der Waals surface area (Å²) >= 11 is 1.40. The van der Waals surface area contributed by atoms with E-state index >= 15 is 0 Å². The van der Waals surface area contributed by atoms with Crippen LogP contribution in [0.5, 0.6) is 0 Å². The average Bonchev–Trinajstić information content (AvgIpc) is 2.89. The van der Waals surface area contributed by atoms with Crippen LogP contribution in [0.1, 0.15) is 10.4 Å². The highest BCUT2D eigenvalue weighted by atomic mass is 32.2. The normalized spacial score (nSPS) is 14.6. The van der Waals surface area contributed by atoms with Gasteiger partial charge in [0, 0.05) is 11.3 Å². The highest BCUT2D eigenvalue weighted by Gasteiger charge is 2.28. The second-order valence-electron chi connectivity index (χ2n) is 5.00. The van der Waals surface area contributed by atoms with Crippen LogP contribution in [-0.2, 0) is 9.59 Å². The second kappa shape index (κ2) is 7.56. The first-order valence-electron chi connectivity index (χ1n) is 6.85. The fourth-order valence-electron chi connectivity index (χ4n) is 1.93. The van der Waals surface area contributed by atoms with Gasteiger partial charge in [-0.3, -0.25) is 14.4 Å². The number of hydrogen-bond acceptors (Lipinski definition) is 4. The van der Waals surface area contributed by atoms with E-state index in [4.69, 9.17) is 0 Å². The number of carbonyl (C=O) groups is 3. The van der Waals surface area contributed by atoms with Gasteiger partial charge in [-0.1, -0.05) is 6.07 Å². The Morgan fingerprint density at radius 3 is 2.67 bits per heavy atom. The number of alkyl halides is 3. The zero-order valence-corrected chi connectivity index (χ0v) is 13.2. The molecular weight excluding hydrogens is 347 g/mol. The molecule has 1 aliphatic rings. The van der Waals surface area contributed by atoms with E-state index in [1.807, 2.05) is 0 Å². The summed E-state index contributed by atoms with van der Waals surface area (Å²) in [5, 5.41) is 4.26. The Morgan fingerprint density at radius 1 is 1.29 bits per heavy atom. The Hall–Kier alpha value is -2.23. The fourth-order valence-corrected chi connectivity index (χ4v) is 2.84. The fraction of sp³-hybridized carbons (Fsp3) is 0.357. The van der Waals surface area contributed by atoms with Gasteiger partial charge in [0.25, 0.3) is 5.91 Å². The van der Waals surface area contributed by atoms with Crippen LogP contribution < -0.4 is 10.6 Å². The van der Waals surface area contributed by atoms with Crippen molar-refractivity contribution in [2.24, 2.45) is 0 Å². The van der Waals surface area contributed by atoms with Crippen LogP contribution >= 0.6 is 11.8 Å². The van der Waals surface area contributed by atoms with Crippen molar-refractivity contribution in [2.45, 2.75) is 6.18 Å². The molecule has 130 valence electrons. The van der Waals surface area contributed by atoms with Crippen LogP contribution in [0.4, 0.5) is 18.9 Å². The third-order valence-corrected chi connectivity index (χ3v) is 3.96. The monoisotopic (exact) mass is 361 g/mol. The maximum absolute atomic E-state index is 12.1. The quantitative estimate of drug-likeness (QED) is 0.832. The maximum Gasteiger partial charge on any atom is 0.405 e. The van der Waals surface area contributed by atoms with Crippen molar-refractivity contribution in [3.8, 4) is 0 Å². The summed E-state index contributed by atoms with van der Waals surface area (Å²) in [6.45, 7) is -1.55. The van der Waals surface area contributed by atoms with Gasteiger partial charge in [-0.2, -0.15) is 13.2 Å². The van der Waals surface area contributed by atoms with Gasteiger partial charge in [0.15, 0.2) is 0 Å². The number of hydrogen-bond donors (Lipinski definition) is 2. The van der Waals surface area contributed by atoms with Gasteiger partial charge in [-0.05, 0) is 18.2 Å². The van der Waals surface area contributed by atoms with Gasteiger partial charge in [0.2, 0.25) is 11.8 Å². The van der Waals surface area contributed by atoms with Gasteiger partial charge in [-0.25, -0.2) is 0 Å². The molecule has 0 saturated carbocycles. The number of amides is 3. The molecule has 0 atom stereocenters. The molecule has 1 aromatic rings. The molecular formula is C14H14F3N3O3S. The van der Waals surface area contributed by atoms with Crippen molar-refractivity contribution in [1.29, 1.82) is 0 Å². The zero-order valence-electron chi connectivity index (χ0n) is 12.4. The van der Waals surface area contributed by atoms with Crippen LogP contribution in [-0.4, -0.2) is 53.5 Å². The molecule has 2 N–H and O–H groups in total. The molecule has 6 nitrogen and oxygen atoms in total. The molecule has 1 heterocycles. The number of thioether (sulfide) groups is 1. The van der Waals surface area contributed by atoms with Gasteiger partial charge in [0.05, 0.1) is 11.6 Å². The highest BCUT2D eigenvalue weighted by molar-refractivity contribution is 8.00. The summed E-state index contributed by atoms with van der Waals surface area (Å²) in [5.41, 5.74) is 0.254. The minimum absolute atomic E-state index is 0.00939. The van der Waals surface area contributed by atoms with Gasteiger partial charge in [-0.15, -0.1) is 11.8 Å². The molecule has 0 aliphatic carbocycles. The van der Waals surface area contributed by atoms with Crippen molar-refractivity contribution in [3.63, 3.8) is 0 Å². The molecule has 2 rings (SSSR count). The smallest absolute Gasteiger partial charge is 0.343 e. The van der Waals surface area contributed by atoms with Gasteiger partial charge < -0.3 is 15.5 Å². The number of anilines is 1. The number of nitrogens with one attached hydrogen (secondary N) is 2. The Morgan fingerprint density at radius 2 is 2.04 bits per heavy atom. The Bertz CT molecular complexity index is 652. The summed E-state index contributed by atoms with van der Waals surface area (Å²) in [7, 11) is 0. The summed E-state index contributed by atoms with van der Waals surface area (Å²) in [4.78, 5) is 36.4. The summed E-state index contributed by atoms with van der Waals surface area (Å²) in [6.07, 6.45) is -4.50. The molecule has 1 aliphatic heterocycles. The second-order valence-corrected chi connectivity index (χ2v) is 5.95. The van der Waals surface area contributed by atoms with E-state index in [2.05, 4.69) is 5.32 Å². The van der Waals surface area contributed by atoms with E-state index in [1.165, 1.54) is 40.9 Å². The van der Waals surface area contributed by atoms with Crippen LogP contribution in [0.3, 0.4) is 0 Å². The van der Waals surface area contributed by atoms with Crippen LogP contribution in [0.2, 0.25) is 0 Å². The van der Waals surface area contributed by atoms with Crippen LogP contribution in [0.25, 0.3) is 0 Å². The molecule has 3 amide bonds. The minimum atomic E-state index is -4.50. The van der Waals surface area contributed by atoms with Crippen LogP contribution in [0, 0.1) is 0 Å². The number of carbonyl (C=O) groups excluding carboxylic acids is 3. The lowest BCUT2D eigenvalue weighted by Gasteiger charge is -2.14. The first-order valence-corrected chi connectivity index (χ1v) is 8.00. The molecule has 0 radical (unpaired) electrons. The van der Waals surface area contributed by atoms with E-state index < -0.39 is 24.5 Å². The molecule has 0 bridgehead atoms. The number of benzene rings is 1. The number of halogens is 3. The van der Waals surface area contributed by atoms with E-state index in [-0.39, 0.29) is 23.7 Å². The lowest BCUT2D eigenvalue weighted by Crippen LogP contribution is -2.35. The Labute approximate surface area is 139 Å². The van der Waals surface area contributed by atoms with Crippen molar-refractivity contribution in [2.75, 3.05) is 30.0 Å². The highest BCUT2D eigenvalue weighted by Crippen LogP contribution is 2.16. The van der Waals surface area contributed by atoms with Gasteiger partial charge >= 0.3 is 6.18 Å². The van der Waals surface area contributed by atoms with Crippen LogP contribution in [0.15, 0.2) is 24.3 Å². The zero-order chi connectivity index (χ0) is 17.7. The number of rotatable bonds is 5. The molecule has 1 fully saturated rings. The molecule has 1 saturated heterocycles. The SMILES string of the molecule is O=C(CN1CSCC1=O)Nc1cccc(C(=O)NCC(F)(F)F)c1. The lowest BCUT2D eigenvalue weighted by molar-refractivity contribution is -0.130. The lowest BCUT2D eigenvalue weighted by atomic mass is 10.2. The predicted molar refractivity (Wildman–Crippen MR) is 82.5 cm³/mol. The third kappa shape index (κ3) is 5.44. The standard InChI is InChI=1S/C14H14F3N3O3S/c15-14(16,17)7-18-13(23)9-2-1-3-10(4-9)19-11(21)5-20-8-24-6-12(20)22/h1-4H,5-8H2,(H,18,23)(H,19,21). The first-order chi connectivity index (χ1) is 11.2. The van der Waals surface area contributed by atoms with Crippen molar-refractivity contribution in [3.05, 3.63) is 29.8 Å². The molecule has 1 aromatic carbocycles. The predicted octanol–water partition coefficient (Wildman–Crippen LogP) is 1.45. The minimum Gasteiger partial charge on any atom is -0.343 e. The van der Waals surface area contributed by atoms with Crippen molar-refractivity contribution >= 4 is 35.2 Å². The average molecular weight is 361 g/mol.